The molecule has 0 aromatic heterocycles. The molecule has 0 aliphatic heterocycles. The Kier molecular flexibility index (Phi) is 5.65. The molecule has 4 heteroatoms. The van der Waals surface area contributed by atoms with Crippen LogP contribution in [0.3, 0.4) is 0 Å². The largest absolute Gasteiger partial charge is 0.497 e. The molecular weight excluding hydrogens is 230 g/mol. The summed E-state index contributed by atoms with van der Waals surface area (Å²) in [6.45, 7) is 4.16. The summed E-state index contributed by atoms with van der Waals surface area (Å²) in [5, 5.41) is 0. The van der Waals surface area contributed by atoms with E-state index in [9.17, 15) is 4.79 Å². The third-order valence-corrected chi connectivity index (χ3v) is 3.04. The maximum absolute atomic E-state index is 11.7. The highest BCUT2D eigenvalue weighted by Crippen LogP contribution is 2.14. The predicted octanol–water partition coefficient (Wildman–Crippen LogP) is 2.11. The van der Waals surface area contributed by atoms with Crippen molar-refractivity contribution in [2.75, 3.05) is 7.11 Å². The van der Waals surface area contributed by atoms with E-state index < -0.39 is 6.04 Å². The number of ether oxygens (including phenoxy) is 2. The van der Waals surface area contributed by atoms with Gasteiger partial charge in [0.1, 0.15) is 18.4 Å². The fourth-order valence-electron chi connectivity index (χ4n) is 1.50. The zero-order valence-electron chi connectivity index (χ0n) is 11.2. The lowest BCUT2D eigenvalue weighted by atomic mass is 10.0. The quantitative estimate of drug-likeness (QED) is 0.787. The minimum atomic E-state index is -0.555. The lowest BCUT2D eigenvalue weighted by Gasteiger charge is -2.16. The molecule has 4 nitrogen and oxygen atoms in total. The van der Waals surface area contributed by atoms with Gasteiger partial charge in [-0.2, -0.15) is 0 Å². The van der Waals surface area contributed by atoms with Crippen molar-refractivity contribution in [2.45, 2.75) is 32.9 Å². The van der Waals surface area contributed by atoms with Crippen molar-refractivity contribution in [3.63, 3.8) is 0 Å². The Morgan fingerprint density at radius 2 is 2.17 bits per heavy atom. The van der Waals surface area contributed by atoms with Crippen molar-refractivity contribution in [1.29, 1.82) is 0 Å². The minimum absolute atomic E-state index is 0.128. The maximum Gasteiger partial charge on any atom is 0.323 e. The van der Waals surface area contributed by atoms with Gasteiger partial charge in [-0.15, -0.1) is 0 Å². The number of benzene rings is 1. The first-order valence-electron chi connectivity index (χ1n) is 6.13. The molecule has 100 valence electrons. The van der Waals surface area contributed by atoms with Crippen molar-refractivity contribution in [3.05, 3.63) is 29.8 Å². The lowest BCUT2D eigenvalue weighted by Crippen LogP contribution is -2.37. The van der Waals surface area contributed by atoms with E-state index >= 15 is 0 Å². The van der Waals surface area contributed by atoms with Crippen LogP contribution in [0, 0.1) is 5.92 Å². The van der Waals surface area contributed by atoms with Crippen molar-refractivity contribution < 1.29 is 14.3 Å². The average molecular weight is 251 g/mol. The van der Waals surface area contributed by atoms with Crippen molar-refractivity contribution in [1.82, 2.24) is 0 Å². The number of rotatable bonds is 6. The van der Waals surface area contributed by atoms with Crippen LogP contribution in [0.5, 0.6) is 5.75 Å². The molecule has 0 radical (unpaired) electrons. The first-order valence-corrected chi connectivity index (χ1v) is 6.13. The van der Waals surface area contributed by atoms with Gasteiger partial charge in [0.2, 0.25) is 0 Å². The molecule has 0 saturated heterocycles. The van der Waals surface area contributed by atoms with Crippen LogP contribution < -0.4 is 10.5 Å². The minimum Gasteiger partial charge on any atom is -0.497 e. The Hall–Kier alpha value is -1.55. The van der Waals surface area contributed by atoms with Crippen LogP contribution in [-0.2, 0) is 16.1 Å². The second-order valence-electron chi connectivity index (χ2n) is 4.37. The van der Waals surface area contributed by atoms with Gasteiger partial charge in [-0.1, -0.05) is 32.4 Å². The smallest absolute Gasteiger partial charge is 0.323 e. The van der Waals surface area contributed by atoms with E-state index in [-0.39, 0.29) is 18.5 Å². The third kappa shape index (κ3) is 4.04. The number of carbonyl (C=O) groups is 1. The monoisotopic (exact) mass is 251 g/mol. The molecule has 2 atom stereocenters. The summed E-state index contributed by atoms with van der Waals surface area (Å²) in [5.41, 5.74) is 6.68. The van der Waals surface area contributed by atoms with Crippen LogP contribution in [0.4, 0.5) is 0 Å². The molecule has 0 aliphatic carbocycles. The fraction of sp³-hybridized carbons (Fsp3) is 0.500. The molecule has 0 spiro atoms. The van der Waals surface area contributed by atoms with E-state index in [1.54, 1.807) is 7.11 Å². The van der Waals surface area contributed by atoms with Crippen LogP contribution in [0.25, 0.3) is 0 Å². The van der Waals surface area contributed by atoms with Crippen LogP contribution >= 0.6 is 0 Å². The van der Waals surface area contributed by atoms with Gasteiger partial charge in [0.25, 0.3) is 0 Å². The molecule has 0 aliphatic rings. The number of methoxy groups -OCH3 is 1. The summed E-state index contributed by atoms with van der Waals surface area (Å²) >= 11 is 0. The topological polar surface area (TPSA) is 61.6 Å². The van der Waals surface area contributed by atoms with E-state index in [1.165, 1.54) is 0 Å². The molecule has 2 N–H and O–H groups in total. The molecule has 1 aromatic carbocycles. The first kappa shape index (κ1) is 14.5. The maximum atomic E-state index is 11.7. The Morgan fingerprint density at radius 1 is 1.44 bits per heavy atom. The molecule has 0 saturated carbocycles. The Balaban J connectivity index is 2.51. The highest BCUT2D eigenvalue weighted by molar-refractivity contribution is 5.75. The van der Waals surface area contributed by atoms with E-state index in [2.05, 4.69) is 0 Å². The van der Waals surface area contributed by atoms with Crippen LogP contribution in [0.1, 0.15) is 25.8 Å². The first-order chi connectivity index (χ1) is 8.58. The number of hydrogen-bond donors (Lipinski definition) is 1. The van der Waals surface area contributed by atoms with Gasteiger partial charge >= 0.3 is 5.97 Å². The third-order valence-electron chi connectivity index (χ3n) is 3.04. The van der Waals surface area contributed by atoms with E-state index in [1.807, 2.05) is 38.1 Å². The van der Waals surface area contributed by atoms with Crippen molar-refractivity contribution >= 4 is 5.97 Å². The van der Waals surface area contributed by atoms with Gasteiger partial charge in [0.05, 0.1) is 7.11 Å². The van der Waals surface area contributed by atoms with Gasteiger partial charge < -0.3 is 15.2 Å². The van der Waals surface area contributed by atoms with E-state index in [0.717, 1.165) is 17.7 Å². The Morgan fingerprint density at radius 3 is 2.78 bits per heavy atom. The predicted molar refractivity (Wildman–Crippen MR) is 70.2 cm³/mol. The van der Waals surface area contributed by atoms with Gasteiger partial charge in [0.15, 0.2) is 0 Å². The molecule has 0 fully saturated rings. The molecule has 0 bridgehead atoms. The summed E-state index contributed by atoms with van der Waals surface area (Å²) < 4.78 is 10.3. The van der Waals surface area contributed by atoms with Crippen LogP contribution in [0.2, 0.25) is 0 Å². The molecule has 0 unspecified atom stereocenters. The summed E-state index contributed by atoms with van der Waals surface area (Å²) in [4.78, 5) is 11.7. The van der Waals surface area contributed by atoms with E-state index in [0.29, 0.717) is 0 Å². The summed E-state index contributed by atoms with van der Waals surface area (Å²) in [6.07, 6.45) is 0.857. The van der Waals surface area contributed by atoms with Crippen molar-refractivity contribution in [2.24, 2.45) is 11.7 Å². The van der Waals surface area contributed by atoms with Gasteiger partial charge in [-0.3, -0.25) is 4.79 Å². The normalized spacial score (nSPS) is 13.8. The lowest BCUT2D eigenvalue weighted by molar-refractivity contribution is -0.147. The fourth-order valence-corrected chi connectivity index (χ4v) is 1.50. The summed E-state index contributed by atoms with van der Waals surface area (Å²) in [6, 6.07) is 6.86. The summed E-state index contributed by atoms with van der Waals surface area (Å²) in [7, 11) is 1.60. The number of carbonyl (C=O) groups excluding carboxylic acids is 1. The number of nitrogens with two attached hydrogens (primary N) is 1. The molecule has 1 aromatic rings. The van der Waals surface area contributed by atoms with Crippen LogP contribution in [0.15, 0.2) is 24.3 Å². The Bertz CT molecular complexity index is 392. The standard InChI is InChI=1S/C14H21NO3/c1-4-10(2)13(15)14(16)18-9-11-6-5-7-12(8-11)17-3/h5-8,10,13H,4,9,15H2,1-3H3/t10-,13-/m0/s1. The molecule has 1 rings (SSSR count). The molecular formula is C14H21NO3. The highest BCUT2D eigenvalue weighted by atomic mass is 16.5. The zero-order chi connectivity index (χ0) is 13.5. The van der Waals surface area contributed by atoms with Gasteiger partial charge in [0, 0.05) is 0 Å². The Labute approximate surface area is 108 Å². The second-order valence-corrected chi connectivity index (χ2v) is 4.37. The summed E-state index contributed by atoms with van der Waals surface area (Å²) in [5.74, 6) is 0.518. The number of esters is 1. The average Bonchev–Trinajstić information content (AvgIpc) is 2.43. The SMILES string of the molecule is CC[C@H](C)[C@H](N)C(=O)OCc1cccc(OC)c1. The van der Waals surface area contributed by atoms with E-state index in [4.69, 9.17) is 15.2 Å². The molecule has 0 heterocycles. The van der Waals surface area contributed by atoms with Gasteiger partial charge in [-0.25, -0.2) is 0 Å². The molecule has 18 heavy (non-hydrogen) atoms. The second kappa shape index (κ2) is 7.01. The highest BCUT2D eigenvalue weighted by Gasteiger charge is 2.20. The number of hydrogen-bond acceptors (Lipinski definition) is 4. The zero-order valence-corrected chi connectivity index (χ0v) is 11.2. The molecule has 0 amide bonds. The van der Waals surface area contributed by atoms with Crippen molar-refractivity contribution in [3.8, 4) is 5.75 Å². The van der Waals surface area contributed by atoms with Gasteiger partial charge in [-0.05, 0) is 23.6 Å². The van der Waals surface area contributed by atoms with Crippen LogP contribution in [-0.4, -0.2) is 19.1 Å².